The Kier molecular flexibility index (Phi) is 12.1. The van der Waals surface area contributed by atoms with Crippen LogP contribution in [-0.2, 0) is 42.5 Å². The molecule has 10 rings (SSSR count). The van der Waals surface area contributed by atoms with Crippen molar-refractivity contribution in [2.75, 3.05) is 0 Å². The first-order valence-electron chi connectivity index (χ1n) is 26.0. The molecule has 0 spiro atoms. The van der Waals surface area contributed by atoms with Crippen molar-refractivity contribution in [3.63, 3.8) is 0 Å². The molecule has 0 N–H and O–H groups in total. The van der Waals surface area contributed by atoms with E-state index in [9.17, 15) is 0 Å². The van der Waals surface area contributed by atoms with Crippen LogP contribution in [0.25, 0.3) is 44.8 Å². The average molecular weight is 927 g/mol. The Morgan fingerprint density at radius 2 is 0.754 bits per heavy atom. The lowest BCUT2D eigenvalue weighted by molar-refractivity contribution is 0.00578. The summed E-state index contributed by atoms with van der Waals surface area (Å²) in [6.07, 6.45) is 13.6. The maximum Gasteiger partial charge on any atom is 0.494 e. The van der Waals surface area contributed by atoms with Gasteiger partial charge in [0, 0.05) is 35.0 Å². The third-order valence-corrected chi connectivity index (χ3v) is 17.0. The second-order valence-corrected chi connectivity index (χ2v) is 22.6. The first-order chi connectivity index (χ1) is 32.9. The number of nitrogens with zero attached hydrogens (tertiary/aromatic N) is 6. The van der Waals surface area contributed by atoms with E-state index in [2.05, 4.69) is 179 Å². The van der Waals surface area contributed by atoms with Crippen molar-refractivity contribution in [1.29, 1.82) is 0 Å². The average Bonchev–Trinajstić information content (AvgIpc) is 4.15. The summed E-state index contributed by atoms with van der Waals surface area (Å²) in [5.74, 6) is 0. The maximum absolute atomic E-state index is 6.54. The van der Waals surface area contributed by atoms with Crippen LogP contribution in [0, 0.1) is 0 Å². The fourth-order valence-corrected chi connectivity index (χ4v) is 12.1. The van der Waals surface area contributed by atoms with Gasteiger partial charge in [-0.3, -0.25) is 9.36 Å². The van der Waals surface area contributed by atoms with E-state index in [-0.39, 0.29) is 10.8 Å². The first kappa shape index (κ1) is 47.8. The van der Waals surface area contributed by atoms with Gasteiger partial charge in [0.2, 0.25) is 0 Å². The van der Waals surface area contributed by atoms with E-state index in [0.717, 1.165) is 104 Å². The van der Waals surface area contributed by atoms with E-state index >= 15 is 0 Å². The molecule has 2 fully saturated rings. The molecule has 0 saturated carbocycles. The highest BCUT2D eigenvalue weighted by Crippen LogP contribution is 2.56. The lowest BCUT2D eigenvalue weighted by Crippen LogP contribution is -2.41. The van der Waals surface area contributed by atoms with Crippen LogP contribution in [0.2, 0.25) is 0 Å². The summed E-state index contributed by atoms with van der Waals surface area (Å²) < 4.78 is 30.1. The molecule has 10 nitrogen and oxygen atoms in total. The van der Waals surface area contributed by atoms with E-state index in [1.807, 2.05) is 9.36 Å². The molecule has 12 heteroatoms. The largest absolute Gasteiger partial charge is 0.494 e. The maximum atomic E-state index is 6.54. The van der Waals surface area contributed by atoms with Crippen LogP contribution < -0.4 is 10.9 Å². The van der Waals surface area contributed by atoms with Crippen LogP contribution in [0.1, 0.15) is 163 Å². The smallest absolute Gasteiger partial charge is 0.399 e. The minimum atomic E-state index is -0.396. The normalized spacial score (nSPS) is 19.5. The second-order valence-electron chi connectivity index (χ2n) is 22.6. The molecule has 2 aliphatic carbocycles. The van der Waals surface area contributed by atoms with Crippen LogP contribution >= 0.6 is 0 Å². The van der Waals surface area contributed by atoms with Crippen LogP contribution in [0.15, 0.2) is 85.2 Å². The number of hydrogen-bond donors (Lipinski definition) is 0. The Bertz CT molecular complexity index is 2660. The summed E-state index contributed by atoms with van der Waals surface area (Å²) in [5, 5.41) is 18.7. The SMILES string of the molecule is CCCC1(CCC)c2cc(B3OC(C)(C)C(C)(C)O3)ccc2-c2ccc(-c3cn(CCCn4cc(-c5ccc6c(c5)C(CCC)(CCC)c5cc(B7OC(C)(C)C(C)(C)O7)ccc5-6)nn4)nn3)cc21. The summed E-state index contributed by atoms with van der Waals surface area (Å²) in [6, 6.07) is 27.6. The van der Waals surface area contributed by atoms with Gasteiger partial charge >= 0.3 is 14.2 Å². The van der Waals surface area contributed by atoms with Crippen molar-refractivity contribution in [3.8, 4) is 44.8 Å². The summed E-state index contributed by atoms with van der Waals surface area (Å²) in [7, 11) is -0.791. The molecule has 360 valence electrons. The van der Waals surface area contributed by atoms with Crippen LogP contribution in [-0.4, -0.2) is 66.6 Å². The molecule has 0 amide bonds. The van der Waals surface area contributed by atoms with Crippen molar-refractivity contribution in [2.24, 2.45) is 0 Å². The lowest BCUT2D eigenvalue weighted by Gasteiger charge is -2.32. The first-order valence-corrected chi connectivity index (χ1v) is 26.0. The molecule has 0 unspecified atom stereocenters. The number of fused-ring (bicyclic) bond motifs is 6. The van der Waals surface area contributed by atoms with Gasteiger partial charge in [-0.2, -0.15) is 0 Å². The third kappa shape index (κ3) is 7.87. The van der Waals surface area contributed by atoms with Gasteiger partial charge in [-0.05, 0) is 155 Å². The third-order valence-electron chi connectivity index (χ3n) is 17.0. The lowest BCUT2D eigenvalue weighted by atomic mass is 9.69. The monoisotopic (exact) mass is 927 g/mol. The van der Waals surface area contributed by atoms with Crippen LogP contribution in [0.3, 0.4) is 0 Å². The molecule has 2 saturated heterocycles. The number of hydrogen-bond acceptors (Lipinski definition) is 8. The fraction of sp³-hybridized carbons (Fsp3) is 0.509. The van der Waals surface area contributed by atoms with E-state index < -0.39 is 36.6 Å². The van der Waals surface area contributed by atoms with E-state index in [1.165, 1.54) is 44.5 Å². The van der Waals surface area contributed by atoms with Gasteiger partial charge in [0.1, 0.15) is 11.4 Å². The van der Waals surface area contributed by atoms with E-state index in [0.29, 0.717) is 0 Å². The molecular formula is C57H72B2N6O4. The molecule has 69 heavy (non-hydrogen) atoms. The van der Waals surface area contributed by atoms with Gasteiger partial charge in [-0.25, -0.2) is 0 Å². The summed E-state index contributed by atoms with van der Waals surface area (Å²) >= 11 is 0. The van der Waals surface area contributed by atoms with Crippen molar-refractivity contribution in [3.05, 3.63) is 107 Å². The Labute approximate surface area is 411 Å². The van der Waals surface area contributed by atoms with Gasteiger partial charge < -0.3 is 18.6 Å². The Morgan fingerprint density at radius 3 is 1.09 bits per heavy atom. The summed E-state index contributed by atoms with van der Waals surface area (Å²) in [5.41, 5.74) is 15.2. The molecular weight excluding hydrogens is 854 g/mol. The highest BCUT2D eigenvalue weighted by Gasteiger charge is 2.54. The van der Waals surface area contributed by atoms with Gasteiger partial charge in [0.25, 0.3) is 0 Å². The second kappa shape index (κ2) is 17.5. The standard InChI is InChI=1S/C57H72B2N6O4/c1-13-26-56(27-14-2)46-32-38(18-22-42(46)44-24-20-40(34-48(44)56)58-66-52(5,6)53(7,8)67-58)50-36-64(62-60-50)30-17-31-65-37-51(61-63-65)39-19-23-43-45-25-21-41(59-68-54(9,10)55(11,12)69-59)35-49(45)57(28-15-3,29-16-4)47(43)33-39/h18-25,32-37H,13-17,26-31H2,1-12H3. The quantitative estimate of drug-likeness (QED) is 0.0885. The molecule has 6 aromatic rings. The van der Waals surface area contributed by atoms with Crippen molar-refractivity contribution in [2.45, 2.75) is 187 Å². The molecule has 0 atom stereocenters. The van der Waals surface area contributed by atoms with Crippen LogP contribution in [0.4, 0.5) is 0 Å². The van der Waals surface area contributed by atoms with Crippen LogP contribution in [0.5, 0.6) is 0 Å². The van der Waals surface area contributed by atoms with E-state index in [4.69, 9.17) is 28.8 Å². The Hall–Kier alpha value is -4.87. The molecule has 0 radical (unpaired) electrons. The van der Waals surface area contributed by atoms with E-state index in [1.54, 1.807) is 0 Å². The predicted molar refractivity (Wildman–Crippen MR) is 279 cm³/mol. The molecule has 2 aliphatic heterocycles. The van der Waals surface area contributed by atoms with Gasteiger partial charge in [-0.1, -0.05) is 124 Å². The zero-order chi connectivity index (χ0) is 48.7. The topological polar surface area (TPSA) is 98.3 Å². The highest BCUT2D eigenvalue weighted by molar-refractivity contribution is 6.62. The minimum Gasteiger partial charge on any atom is -0.399 e. The zero-order valence-electron chi connectivity index (χ0n) is 43.3. The molecule has 4 aliphatic rings. The van der Waals surface area contributed by atoms with Gasteiger partial charge in [0.05, 0.1) is 34.8 Å². The summed E-state index contributed by atoms with van der Waals surface area (Å²) in [6.45, 7) is 27.6. The predicted octanol–water partition coefficient (Wildman–Crippen LogP) is 11.6. The minimum absolute atomic E-state index is 0.102. The Morgan fingerprint density at radius 1 is 0.435 bits per heavy atom. The number of aryl methyl sites for hydroxylation is 2. The zero-order valence-corrected chi connectivity index (χ0v) is 43.3. The van der Waals surface area contributed by atoms with Crippen molar-refractivity contribution < 1.29 is 18.6 Å². The highest BCUT2D eigenvalue weighted by atomic mass is 16.7. The van der Waals surface area contributed by atoms with Crippen molar-refractivity contribution >= 4 is 25.2 Å². The summed E-state index contributed by atoms with van der Waals surface area (Å²) in [4.78, 5) is 0. The number of benzene rings is 4. The molecule has 0 bridgehead atoms. The molecule has 4 heterocycles. The number of aromatic nitrogens is 6. The molecule has 2 aromatic heterocycles. The fourth-order valence-electron chi connectivity index (χ4n) is 12.1. The number of rotatable bonds is 16. The Balaban J connectivity index is 0.845. The molecule has 4 aromatic carbocycles. The van der Waals surface area contributed by atoms with Crippen molar-refractivity contribution in [1.82, 2.24) is 30.0 Å². The van der Waals surface area contributed by atoms with Gasteiger partial charge in [-0.15, -0.1) is 10.2 Å². The van der Waals surface area contributed by atoms with Gasteiger partial charge in [0.15, 0.2) is 0 Å².